The number of anilines is 1. The molecule has 1 nitrogen and oxygen atoms in total. The van der Waals surface area contributed by atoms with Gasteiger partial charge in [-0.1, -0.05) is 34.5 Å². The largest absolute Gasteiger partial charge is 0.377 e. The number of benzene rings is 1. The van der Waals surface area contributed by atoms with Gasteiger partial charge in [0.05, 0.1) is 21.0 Å². The summed E-state index contributed by atoms with van der Waals surface area (Å²) in [6.45, 7) is 2.28. The van der Waals surface area contributed by atoms with Crippen molar-refractivity contribution in [2.45, 2.75) is 28.8 Å². The number of hydrogen-bond donors (Lipinski definition) is 1. The molecule has 2 aromatic rings. The van der Waals surface area contributed by atoms with Crippen molar-refractivity contribution in [3.05, 3.63) is 44.7 Å². The molecule has 5 heteroatoms. The summed E-state index contributed by atoms with van der Waals surface area (Å²) in [5, 5.41) is 7.16. The monoisotopic (exact) mass is 373 g/mol. The smallest absolute Gasteiger partial charge is 0.0653 e. The maximum Gasteiger partial charge on any atom is 0.0653 e. The van der Waals surface area contributed by atoms with Crippen molar-refractivity contribution in [1.29, 1.82) is 0 Å². The van der Waals surface area contributed by atoms with E-state index in [0.29, 0.717) is 11.3 Å². The van der Waals surface area contributed by atoms with Gasteiger partial charge in [-0.05, 0) is 41.6 Å². The van der Waals surface area contributed by atoms with Gasteiger partial charge in [-0.15, -0.1) is 23.1 Å². The first-order valence-corrected chi connectivity index (χ1v) is 9.02. The molecule has 2 heterocycles. The van der Waals surface area contributed by atoms with Gasteiger partial charge in [0.25, 0.3) is 0 Å². The fraction of sp³-hybridized carbons (Fsp3) is 0.286. The summed E-state index contributed by atoms with van der Waals surface area (Å²) >= 11 is 13.5. The topological polar surface area (TPSA) is 12.0 Å². The van der Waals surface area contributed by atoms with Crippen molar-refractivity contribution in [3.8, 4) is 0 Å². The Morgan fingerprint density at radius 1 is 1.37 bits per heavy atom. The molecule has 0 aliphatic carbocycles. The molecule has 0 saturated carbocycles. The summed E-state index contributed by atoms with van der Waals surface area (Å²) in [6, 6.07) is 8.56. The van der Waals surface area contributed by atoms with Crippen molar-refractivity contribution < 1.29 is 0 Å². The molecule has 0 bridgehead atoms. The van der Waals surface area contributed by atoms with Gasteiger partial charge in [-0.3, -0.25) is 0 Å². The van der Waals surface area contributed by atoms with E-state index in [1.807, 2.05) is 41.3 Å². The number of rotatable bonds is 2. The van der Waals surface area contributed by atoms with E-state index in [-0.39, 0.29) is 0 Å². The predicted octanol–water partition coefficient (Wildman–Crippen LogP) is 6.20. The number of thioether (sulfide) groups is 1. The lowest BCUT2D eigenvalue weighted by Crippen LogP contribution is -2.19. The summed E-state index contributed by atoms with van der Waals surface area (Å²) in [6.07, 6.45) is 1.13. The van der Waals surface area contributed by atoms with E-state index < -0.39 is 0 Å². The minimum absolute atomic E-state index is 0.358. The molecule has 3 rings (SSSR count). The van der Waals surface area contributed by atoms with Gasteiger partial charge in [0.15, 0.2) is 0 Å². The molecule has 0 fully saturated rings. The van der Waals surface area contributed by atoms with Crippen LogP contribution < -0.4 is 5.32 Å². The van der Waals surface area contributed by atoms with Crippen LogP contribution in [0.1, 0.15) is 24.9 Å². The van der Waals surface area contributed by atoms with Crippen LogP contribution in [0.4, 0.5) is 5.69 Å². The quantitative estimate of drug-likeness (QED) is 0.671. The van der Waals surface area contributed by atoms with E-state index in [0.717, 1.165) is 21.6 Å². The van der Waals surface area contributed by atoms with Crippen LogP contribution in [-0.4, -0.2) is 5.25 Å². The summed E-state index contributed by atoms with van der Waals surface area (Å²) < 4.78 is 2.44. The van der Waals surface area contributed by atoms with Gasteiger partial charge in [0.2, 0.25) is 0 Å². The molecule has 100 valence electrons. The maximum absolute atomic E-state index is 6.29. The van der Waals surface area contributed by atoms with Crippen molar-refractivity contribution in [2.75, 3.05) is 5.32 Å². The summed E-state index contributed by atoms with van der Waals surface area (Å²) in [4.78, 5) is 0. The Morgan fingerprint density at radius 3 is 3.00 bits per heavy atom. The summed E-state index contributed by atoms with van der Waals surface area (Å²) in [5.41, 5.74) is 2.42. The molecule has 1 aliphatic heterocycles. The minimum atomic E-state index is 0.358. The molecule has 1 aliphatic rings. The van der Waals surface area contributed by atoms with Crippen LogP contribution in [0.25, 0.3) is 0 Å². The van der Waals surface area contributed by atoms with Crippen molar-refractivity contribution in [3.63, 3.8) is 0 Å². The highest BCUT2D eigenvalue weighted by atomic mass is 79.9. The average molecular weight is 375 g/mol. The van der Waals surface area contributed by atoms with E-state index >= 15 is 0 Å². The lowest BCUT2D eigenvalue weighted by Gasteiger charge is -2.28. The summed E-state index contributed by atoms with van der Waals surface area (Å²) in [7, 11) is 0. The van der Waals surface area contributed by atoms with Gasteiger partial charge < -0.3 is 5.32 Å². The highest BCUT2D eigenvalue weighted by Crippen LogP contribution is 2.45. The fourth-order valence-corrected chi connectivity index (χ4v) is 5.57. The number of hydrogen-bond acceptors (Lipinski definition) is 3. The van der Waals surface area contributed by atoms with Gasteiger partial charge >= 0.3 is 0 Å². The van der Waals surface area contributed by atoms with Crippen LogP contribution in [0.2, 0.25) is 5.02 Å². The lowest BCUT2D eigenvalue weighted by atomic mass is 10.0. The second kappa shape index (κ2) is 5.68. The van der Waals surface area contributed by atoms with Gasteiger partial charge in [0, 0.05) is 9.72 Å². The Hall–Kier alpha value is -0.160. The van der Waals surface area contributed by atoms with Crippen molar-refractivity contribution in [2.24, 2.45) is 0 Å². The van der Waals surface area contributed by atoms with Crippen LogP contribution in [0.15, 0.2) is 38.3 Å². The van der Waals surface area contributed by atoms with E-state index in [4.69, 9.17) is 11.6 Å². The Balaban J connectivity index is 1.88. The molecular formula is C14H13BrClNS2. The van der Waals surface area contributed by atoms with E-state index in [1.165, 1.54) is 9.77 Å². The number of nitrogens with one attached hydrogen (secondary N) is 1. The van der Waals surface area contributed by atoms with Crippen LogP contribution >= 0.6 is 50.6 Å². The molecular weight excluding hydrogens is 362 g/mol. The second-order valence-electron chi connectivity index (χ2n) is 4.65. The van der Waals surface area contributed by atoms with E-state index in [9.17, 15) is 0 Å². The van der Waals surface area contributed by atoms with Crippen LogP contribution in [0.5, 0.6) is 0 Å². The van der Waals surface area contributed by atoms with Gasteiger partial charge in [-0.2, -0.15) is 0 Å². The van der Waals surface area contributed by atoms with E-state index in [1.54, 1.807) is 0 Å². The lowest BCUT2D eigenvalue weighted by molar-refractivity contribution is 0.670. The predicted molar refractivity (Wildman–Crippen MR) is 89.8 cm³/mol. The number of fused-ring (bicyclic) bond motifs is 1. The van der Waals surface area contributed by atoms with Gasteiger partial charge in [0.1, 0.15) is 0 Å². The molecule has 0 amide bonds. The van der Waals surface area contributed by atoms with Crippen LogP contribution in [0, 0.1) is 0 Å². The molecule has 19 heavy (non-hydrogen) atoms. The molecule has 0 radical (unpaired) electrons. The summed E-state index contributed by atoms with van der Waals surface area (Å²) in [5.74, 6) is 0. The minimum Gasteiger partial charge on any atom is -0.377 e. The zero-order valence-electron chi connectivity index (χ0n) is 10.3. The van der Waals surface area contributed by atoms with E-state index in [2.05, 4.69) is 39.6 Å². The van der Waals surface area contributed by atoms with Gasteiger partial charge in [-0.25, -0.2) is 0 Å². The first-order valence-electron chi connectivity index (χ1n) is 6.09. The Labute approximate surface area is 134 Å². The standard InChI is InChI=1S/C14H13BrClNS2/c1-8-6-13(10-4-5-18-14(10)19-8)17-12-3-2-9(15)7-11(12)16/h2-5,7-8,13,17H,6H2,1H3/t8-,13?/m0/s1. The molecule has 0 saturated heterocycles. The second-order valence-corrected chi connectivity index (χ2v) is 8.59. The zero-order valence-corrected chi connectivity index (χ0v) is 14.3. The Bertz CT molecular complexity index is 599. The molecule has 0 spiro atoms. The third-order valence-electron chi connectivity index (χ3n) is 3.17. The average Bonchev–Trinajstić information content (AvgIpc) is 2.80. The number of halogens is 2. The Kier molecular flexibility index (Phi) is 4.13. The fourth-order valence-electron chi connectivity index (χ4n) is 2.28. The molecule has 1 N–H and O–H groups in total. The Morgan fingerprint density at radius 2 is 2.21 bits per heavy atom. The van der Waals surface area contributed by atoms with Crippen LogP contribution in [-0.2, 0) is 0 Å². The first kappa shape index (κ1) is 13.8. The third kappa shape index (κ3) is 2.97. The highest BCUT2D eigenvalue weighted by Gasteiger charge is 2.26. The van der Waals surface area contributed by atoms with Crippen molar-refractivity contribution in [1.82, 2.24) is 0 Å². The highest BCUT2D eigenvalue weighted by molar-refractivity contribution is 9.10. The van der Waals surface area contributed by atoms with Crippen molar-refractivity contribution >= 4 is 56.3 Å². The normalized spacial score (nSPS) is 22.1. The first-order chi connectivity index (χ1) is 9.13. The molecule has 1 aromatic heterocycles. The van der Waals surface area contributed by atoms with Crippen LogP contribution in [0.3, 0.4) is 0 Å². The SMILES string of the molecule is C[C@H]1CC(Nc2ccc(Br)cc2Cl)c2ccsc2S1. The number of thiophene rings is 1. The maximum atomic E-state index is 6.29. The zero-order chi connectivity index (χ0) is 13.4. The molecule has 1 unspecified atom stereocenters. The third-order valence-corrected chi connectivity index (χ3v) is 6.32. The molecule has 1 aromatic carbocycles. The molecule has 2 atom stereocenters.